The molecule has 425 valence electrons. The molecule has 0 aromatic rings. The summed E-state index contributed by atoms with van der Waals surface area (Å²) in [4.78, 5) is 94.9. The molecule has 0 spiro atoms. The van der Waals surface area contributed by atoms with Crippen molar-refractivity contribution in [3.05, 3.63) is 0 Å². The number of nitrogens with two attached hydrogens (primary N) is 2. The Morgan fingerprint density at radius 1 is 0.662 bits per heavy atom. The zero-order valence-corrected chi connectivity index (χ0v) is 47.3. The maximum Gasteiger partial charge on any atom is 0.313 e. The number of nitrogens with one attached hydrogen (secondary N) is 6. The third-order valence-corrected chi connectivity index (χ3v) is 14.5. The summed E-state index contributed by atoms with van der Waals surface area (Å²) in [6.07, 6.45) is 10.0. The first-order valence-electron chi connectivity index (χ1n) is 27.7. The first-order valence-corrected chi connectivity index (χ1v) is 27.7. The average Bonchev–Trinajstić information content (AvgIpc) is 3.31. The standard InChI is InChI=1S/C53H99BN9O11/c1-13-14-15-16-17-18-19-20-21-22-23-24-42(64)59-39(31-72-29-34(4)5)48(67)61-45(55)50(69)57-28-43(65)63(12)44(36(8)73-30-35(6)7)49(68)62-46(56)51(70)60-38(25-33(2)3)47(66)58-32-54-74-41-27-37-26-40(52(37,9)10)53(41,11)71/h33-41,44-46,71H,13-32,55-56H2,1-12H3,(H,57,69)(H,58,66)(H,59,64)(H,60,70)(H,61,67)(H,62,68). The number of aliphatic hydroxyl groups is 1. The maximum absolute atomic E-state index is 13.9. The Kier molecular flexibility index (Phi) is 29.8. The Morgan fingerprint density at radius 2 is 1.23 bits per heavy atom. The molecule has 20 nitrogen and oxygen atoms in total. The number of likely N-dealkylation sites (N-methyl/N-ethyl adjacent to an activating group) is 1. The number of amides is 7. The number of ether oxygens (including phenoxy) is 2. The van der Waals surface area contributed by atoms with Crippen LogP contribution in [0.15, 0.2) is 0 Å². The first kappa shape index (κ1) is 66.2. The summed E-state index contributed by atoms with van der Waals surface area (Å²) in [5, 5.41) is 26.6. The van der Waals surface area contributed by atoms with Gasteiger partial charge in [-0.25, -0.2) is 0 Å². The Labute approximate surface area is 444 Å². The molecule has 3 saturated carbocycles. The van der Waals surface area contributed by atoms with Gasteiger partial charge in [0.05, 0.1) is 31.0 Å². The number of carbonyl (C=O) groups excluding carboxylic acids is 7. The van der Waals surface area contributed by atoms with Crippen LogP contribution in [0.2, 0.25) is 0 Å². The van der Waals surface area contributed by atoms with Crippen LogP contribution in [0, 0.1) is 35.0 Å². The van der Waals surface area contributed by atoms with Gasteiger partial charge in [0.2, 0.25) is 29.5 Å². The highest BCUT2D eigenvalue weighted by molar-refractivity contribution is 6.28. The lowest BCUT2D eigenvalue weighted by atomic mass is 9.43. The van der Waals surface area contributed by atoms with E-state index < -0.39 is 90.3 Å². The lowest BCUT2D eigenvalue weighted by Crippen LogP contribution is -2.67. The second-order valence-corrected chi connectivity index (χ2v) is 22.9. The van der Waals surface area contributed by atoms with Crippen molar-refractivity contribution in [2.24, 2.45) is 46.5 Å². The van der Waals surface area contributed by atoms with E-state index in [0.29, 0.717) is 25.4 Å². The normalized spacial score (nSPS) is 21.3. The van der Waals surface area contributed by atoms with Crippen molar-refractivity contribution in [1.29, 1.82) is 0 Å². The highest BCUT2D eigenvalue weighted by Gasteiger charge is 2.63. The summed E-state index contributed by atoms with van der Waals surface area (Å²) in [5.74, 6) is -4.18. The van der Waals surface area contributed by atoms with Gasteiger partial charge in [0.25, 0.3) is 11.8 Å². The second kappa shape index (κ2) is 33.3. The molecular weight excluding hydrogens is 949 g/mol. The van der Waals surface area contributed by atoms with Crippen LogP contribution in [0.5, 0.6) is 0 Å². The fraction of sp³-hybridized carbons (Fsp3) is 0.868. The summed E-state index contributed by atoms with van der Waals surface area (Å²) in [6, 6.07) is -3.50. The van der Waals surface area contributed by atoms with E-state index in [2.05, 4.69) is 52.7 Å². The van der Waals surface area contributed by atoms with Crippen molar-refractivity contribution in [3.8, 4) is 0 Å². The number of nitrogens with zero attached hydrogens (tertiary/aromatic N) is 1. The highest BCUT2D eigenvalue weighted by atomic mass is 16.5. The van der Waals surface area contributed by atoms with Crippen LogP contribution in [0.1, 0.15) is 172 Å². The molecule has 3 rings (SSSR count). The van der Waals surface area contributed by atoms with E-state index in [1.54, 1.807) is 13.8 Å². The molecule has 3 aliphatic carbocycles. The third-order valence-electron chi connectivity index (χ3n) is 14.5. The van der Waals surface area contributed by atoms with E-state index in [1.165, 1.54) is 59.5 Å². The van der Waals surface area contributed by atoms with Gasteiger partial charge in [0.1, 0.15) is 18.1 Å². The Hall–Kier alpha value is -3.89. The largest absolute Gasteiger partial charge is 0.433 e. The van der Waals surface area contributed by atoms with Crippen LogP contribution in [0.25, 0.3) is 0 Å². The highest BCUT2D eigenvalue weighted by Crippen LogP contribution is 2.63. The van der Waals surface area contributed by atoms with Gasteiger partial charge in [0, 0.05) is 33.1 Å². The Morgan fingerprint density at radius 3 is 1.78 bits per heavy atom. The van der Waals surface area contributed by atoms with Gasteiger partial charge >= 0.3 is 7.48 Å². The monoisotopic (exact) mass is 1050 g/mol. The van der Waals surface area contributed by atoms with Gasteiger partial charge in [0.15, 0.2) is 12.3 Å². The number of hydrogen-bond donors (Lipinski definition) is 9. The molecule has 74 heavy (non-hydrogen) atoms. The van der Waals surface area contributed by atoms with Crippen molar-refractivity contribution < 1.29 is 52.8 Å². The molecule has 10 atom stereocenters. The SMILES string of the molecule is CCCCCCCCCCCCCC(=O)NC(COCC(C)C)C(=O)NC(N)C(=O)NCC(=O)N(C)C(C(=O)NC(N)C(=O)NC(CC(C)C)C(=O)NC[B]OC1CC2CC(C2(C)C)C1(C)O)C(C)OCC(C)C. The summed E-state index contributed by atoms with van der Waals surface area (Å²) in [7, 11) is 2.78. The molecule has 2 bridgehead atoms. The van der Waals surface area contributed by atoms with Crippen molar-refractivity contribution in [2.45, 2.75) is 221 Å². The zero-order chi connectivity index (χ0) is 55.8. The van der Waals surface area contributed by atoms with E-state index in [0.717, 1.165) is 30.6 Å². The molecule has 0 heterocycles. The van der Waals surface area contributed by atoms with Gasteiger partial charge in [-0.3, -0.25) is 33.6 Å². The van der Waals surface area contributed by atoms with Crippen molar-refractivity contribution in [3.63, 3.8) is 0 Å². The number of hydrogen-bond acceptors (Lipinski definition) is 13. The predicted octanol–water partition coefficient (Wildman–Crippen LogP) is 3.08. The van der Waals surface area contributed by atoms with Crippen LogP contribution >= 0.6 is 0 Å². The van der Waals surface area contributed by atoms with E-state index in [1.807, 2.05) is 41.5 Å². The number of carbonyl (C=O) groups is 7. The summed E-state index contributed by atoms with van der Waals surface area (Å²) < 4.78 is 17.6. The van der Waals surface area contributed by atoms with Crippen molar-refractivity contribution >= 4 is 48.8 Å². The fourth-order valence-electron chi connectivity index (χ4n) is 9.85. The van der Waals surface area contributed by atoms with Gasteiger partial charge in [-0.1, -0.05) is 127 Å². The number of unbranched alkanes of at least 4 members (excludes halogenated alkanes) is 10. The van der Waals surface area contributed by atoms with E-state index >= 15 is 0 Å². The molecule has 0 saturated heterocycles. The van der Waals surface area contributed by atoms with Crippen LogP contribution in [-0.2, 0) is 47.7 Å². The molecule has 0 aliphatic heterocycles. The third kappa shape index (κ3) is 22.8. The summed E-state index contributed by atoms with van der Waals surface area (Å²) in [5.41, 5.74) is 11.3. The molecule has 1 radical (unpaired) electrons. The molecule has 3 aliphatic rings. The van der Waals surface area contributed by atoms with Gasteiger partial charge < -0.3 is 67.5 Å². The molecule has 0 aromatic carbocycles. The predicted molar refractivity (Wildman–Crippen MR) is 286 cm³/mol. The molecule has 3 fully saturated rings. The molecule has 10 unspecified atom stereocenters. The van der Waals surface area contributed by atoms with Gasteiger partial charge in [-0.2, -0.15) is 0 Å². The second-order valence-electron chi connectivity index (χ2n) is 22.9. The van der Waals surface area contributed by atoms with Crippen LogP contribution in [-0.4, -0.2) is 147 Å². The Bertz CT molecular complexity index is 1760. The smallest absolute Gasteiger partial charge is 0.313 e. The maximum atomic E-state index is 13.9. The molecule has 11 N–H and O–H groups in total. The van der Waals surface area contributed by atoms with Gasteiger partial charge in [-0.15, -0.1) is 0 Å². The minimum atomic E-state index is -1.65. The topological polar surface area (TPSA) is 295 Å². The molecular formula is C53H99BN9O11. The lowest BCUT2D eigenvalue weighted by molar-refractivity contribution is -0.238. The molecule has 0 aromatic heterocycles. The minimum absolute atomic E-state index is 0.0163. The Balaban J connectivity index is 1.98. The molecule has 7 amide bonds. The van der Waals surface area contributed by atoms with E-state index in [9.17, 15) is 38.7 Å². The summed E-state index contributed by atoms with van der Waals surface area (Å²) >= 11 is 0. The summed E-state index contributed by atoms with van der Waals surface area (Å²) in [6.45, 7) is 21.2. The fourth-order valence-corrected chi connectivity index (χ4v) is 9.85. The zero-order valence-electron chi connectivity index (χ0n) is 47.3. The number of rotatable bonds is 38. The van der Waals surface area contributed by atoms with Crippen LogP contribution < -0.4 is 43.4 Å². The van der Waals surface area contributed by atoms with Gasteiger partial charge in [-0.05, 0) is 74.5 Å². The lowest BCUT2D eigenvalue weighted by Gasteiger charge is -2.65. The number of fused-ring (bicyclic) bond motifs is 2. The van der Waals surface area contributed by atoms with E-state index in [4.69, 9.17) is 25.6 Å². The average molecular weight is 1050 g/mol. The molecule has 21 heteroatoms. The van der Waals surface area contributed by atoms with Crippen LogP contribution in [0.3, 0.4) is 0 Å². The minimum Gasteiger partial charge on any atom is -0.433 e. The van der Waals surface area contributed by atoms with E-state index in [-0.39, 0.29) is 67.5 Å². The van der Waals surface area contributed by atoms with Crippen molar-refractivity contribution in [1.82, 2.24) is 36.8 Å². The van der Waals surface area contributed by atoms with Crippen LogP contribution in [0.4, 0.5) is 0 Å². The van der Waals surface area contributed by atoms with Crippen molar-refractivity contribution in [2.75, 3.05) is 39.9 Å². The first-order chi connectivity index (χ1) is 34.7. The quantitative estimate of drug-likeness (QED) is 0.0245.